The first-order valence-corrected chi connectivity index (χ1v) is 10.4. The summed E-state index contributed by atoms with van der Waals surface area (Å²) < 4.78 is 0. The molecule has 0 bridgehead atoms. The van der Waals surface area contributed by atoms with Crippen LogP contribution >= 0.6 is 11.8 Å². The maximum Gasteiger partial charge on any atom is 0.232 e. The van der Waals surface area contributed by atoms with E-state index in [0.29, 0.717) is 5.75 Å². The van der Waals surface area contributed by atoms with Crippen molar-refractivity contribution in [1.29, 1.82) is 0 Å². The van der Waals surface area contributed by atoms with Gasteiger partial charge in [-0.25, -0.2) is 0 Å². The number of anilines is 1. The second kappa shape index (κ2) is 8.08. The highest BCUT2D eigenvalue weighted by Gasteiger charge is 2.23. The summed E-state index contributed by atoms with van der Waals surface area (Å²) in [5.74, 6) is 2.65. The number of hydrogen-bond acceptors (Lipinski definition) is 5. The number of rotatable bonds is 5. The van der Waals surface area contributed by atoms with Gasteiger partial charge in [-0.1, -0.05) is 30.3 Å². The van der Waals surface area contributed by atoms with E-state index >= 15 is 0 Å². The van der Waals surface area contributed by atoms with Gasteiger partial charge in [0.25, 0.3) is 0 Å². The second-order valence-electron chi connectivity index (χ2n) is 6.87. The van der Waals surface area contributed by atoms with Gasteiger partial charge in [0.15, 0.2) is 5.82 Å². The van der Waals surface area contributed by atoms with E-state index in [1.807, 2.05) is 23.1 Å². The van der Waals surface area contributed by atoms with Crippen molar-refractivity contribution in [2.45, 2.75) is 25.0 Å². The van der Waals surface area contributed by atoms with E-state index in [-0.39, 0.29) is 5.91 Å². The molecular formula is C20H24N4OS. The van der Waals surface area contributed by atoms with Crippen LogP contribution in [0.1, 0.15) is 23.2 Å². The monoisotopic (exact) mass is 368 g/mol. The Balaban J connectivity index is 1.25. The molecule has 2 aromatic rings. The molecule has 0 saturated carbocycles. The van der Waals surface area contributed by atoms with Gasteiger partial charge in [0, 0.05) is 31.9 Å². The van der Waals surface area contributed by atoms with Crippen LogP contribution in [-0.4, -0.2) is 52.9 Å². The van der Waals surface area contributed by atoms with Gasteiger partial charge >= 0.3 is 0 Å². The molecule has 2 aliphatic rings. The number of hydrogen-bond donors (Lipinski definition) is 0. The highest BCUT2D eigenvalue weighted by atomic mass is 32.2. The van der Waals surface area contributed by atoms with Crippen LogP contribution in [0.25, 0.3) is 0 Å². The Hall–Kier alpha value is -2.08. The molecule has 0 atom stereocenters. The molecule has 1 aliphatic carbocycles. The number of nitrogens with zero attached hydrogens (tertiary/aromatic N) is 4. The average molecular weight is 369 g/mol. The molecule has 1 aliphatic heterocycles. The molecule has 0 N–H and O–H groups in total. The molecule has 1 saturated heterocycles. The van der Waals surface area contributed by atoms with Crippen molar-refractivity contribution in [2.24, 2.45) is 0 Å². The van der Waals surface area contributed by atoms with E-state index in [9.17, 15) is 4.79 Å². The van der Waals surface area contributed by atoms with Crippen molar-refractivity contribution < 1.29 is 4.79 Å². The topological polar surface area (TPSA) is 49.3 Å². The highest BCUT2D eigenvalue weighted by Crippen LogP contribution is 2.23. The number of thioether (sulfide) groups is 1. The lowest BCUT2D eigenvalue weighted by Crippen LogP contribution is -2.49. The predicted molar refractivity (Wildman–Crippen MR) is 105 cm³/mol. The van der Waals surface area contributed by atoms with E-state index in [1.165, 1.54) is 17.5 Å². The van der Waals surface area contributed by atoms with Crippen molar-refractivity contribution in [3.63, 3.8) is 0 Å². The van der Waals surface area contributed by atoms with Gasteiger partial charge in [-0.15, -0.1) is 16.9 Å². The summed E-state index contributed by atoms with van der Waals surface area (Å²) in [7, 11) is 0. The lowest BCUT2D eigenvalue weighted by Gasteiger charge is -2.35. The lowest BCUT2D eigenvalue weighted by atomic mass is 10.2. The van der Waals surface area contributed by atoms with Crippen LogP contribution in [0.3, 0.4) is 0 Å². The molecule has 1 aromatic carbocycles. The van der Waals surface area contributed by atoms with Crippen molar-refractivity contribution in [1.82, 2.24) is 15.1 Å². The Bertz CT molecular complexity index is 760. The fourth-order valence-corrected chi connectivity index (χ4v) is 4.47. The average Bonchev–Trinajstić information content (AvgIpc) is 3.17. The summed E-state index contributed by atoms with van der Waals surface area (Å²) in [6.45, 7) is 3.21. The maximum absolute atomic E-state index is 12.4. The number of aromatic nitrogens is 2. The fraction of sp³-hybridized carbons (Fsp3) is 0.450. The first kappa shape index (κ1) is 17.3. The number of benzene rings is 1. The third kappa shape index (κ3) is 4.01. The molecule has 1 aromatic heterocycles. The highest BCUT2D eigenvalue weighted by molar-refractivity contribution is 7.99. The normalized spacial score (nSPS) is 16.6. The van der Waals surface area contributed by atoms with Crippen LogP contribution in [0.15, 0.2) is 36.4 Å². The van der Waals surface area contributed by atoms with Crippen LogP contribution in [0.5, 0.6) is 0 Å². The third-order valence-electron chi connectivity index (χ3n) is 5.10. The molecule has 4 rings (SSSR count). The molecule has 2 heterocycles. The zero-order valence-corrected chi connectivity index (χ0v) is 15.7. The van der Waals surface area contributed by atoms with E-state index in [1.54, 1.807) is 11.8 Å². The summed E-state index contributed by atoms with van der Waals surface area (Å²) in [6, 6.07) is 12.5. The minimum atomic E-state index is 0.241. The number of piperazine rings is 1. The molecule has 1 amide bonds. The van der Waals surface area contributed by atoms with Gasteiger partial charge in [-0.05, 0) is 36.5 Å². The zero-order chi connectivity index (χ0) is 17.8. The van der Waals surface area contributed by atoms with Crippen molar-refractivity contribution in [2.75, 3.05) is 36.8 Å². The van der Waals surface area contributed by atoms with E-state index in [2.05, 4.69) is 33.3 Å². The smallest absolute Gasteiger partial charge is 0.232 e. The van der Waals surface area contributed by atoms with Crippen LogP contribution in [0.4, 0.5) is 5.82 Å². The summed E-state index contributed by atoms with van der Waals surface area (Å²) in [5, 5.41) is 8.78. The number of amides is 1. The SMILES string of the molecule is O=C(CSCc1ccccc1)N1CCN(c2cc3c(nn2)CCC3)CC1. The van der Waals surface area contributed by atoms with Gasteiger partial charge in [-0.2, -0.15) is 5.10 Å². The Labute approximate surface area is 158 Å². The van der Waals surface area contributed by atoms with Gasteiger partial charge in [0.05, 0.1) is 11.4 Å². The van der Waals surface area contributed by atoms with Crippen molar-refractivity contribution >= 4 is 23.5 Å². The number of aryl methyl sites for hydroxylation is 2. The molecule has 5 nitrogen and oxygen atoms in total. The summed E-state index contributed by atoms with van der Waals surface area (Å²) in [5.41, 5.74) is 3.79. The summed E-state index contributed by atoms with van der Waals surface area (Å²) in [6.07, 6.45) is 3.37. The van der Waals surface area contributed by atoms with Gasteiger partial charge < -0.3 is 9.80 Å². The van der Waals surface area contributed by atoms with Crippen molar-refractivity contribution in [3.05, 3.63) is 53.2 Å². The van der Waals surface area contributed by atoms with Crippen LogP contribution in [-0.2, 0) is 23.4 Å². The maximum atomic E-state index is 12.4. The number of fused-ring (bicyclic) bond motifs is 1. The largest absolute Gasteiger partial charge is 0.352 e. The first-order valence-electron chi connectivity index (χ1n) is 9.29. The van der Waals surface area contributed by atoms with E-state index < -0.39 is 0 Å². The number of carbonyl (C=O) groups excluding carboxylic acids is 1. The predicted octanol–water partition coefficient (Wildman–Crippen LogP) is 2.55. The molecule has 0 radical (unpaired) electrons. The Kier molecular flexibility index (Phi) is 5.39. The van der Waals surface area contributed by atoms with Gasteiger partial charge in [-0.3, -0.25) is 4.79 Å². The second-order valence-corrected chi connectivity index (χ2v) is 7.86. The van der Waals surface area contributed by atoms with Crippen LogP contribution in [0.2, 0.25) is 0 Å². The van der Waals surface area contributed by atoms with Crippen LogP contribution in [0, 0.1) is 0 Å². The molecule has 0 spiro atoms. The van der Waals surface area contributed by atoms with Crippen molar-refractivity contribution in [3.8, 4) is 0 Å². The minimum absolute atomic E-state index is 0.241. The molecule has 136 valence electrons. The quantitative estimate of drug-likeness (QED) is 0.812. The molecule has 1 fully saturated rings. The zero-order valence-electron chi connectivity index (χ0n) is 14.9. The van der Waals surface area contributed by atoms with Crippen LogP contribution < -0.4 is 4.90 Å². The van der Waals surface area contributed by atoms with Gasteiger partial charge in [0.2, 0.25) is 5.91 Å². The molecule has 26 heavy (non-hydrogen) atoms. The lowest BCUT2D eigenvalue weighted by molar-refractivity contribution is -0.128. The summed E-state index contributed by atoms with van der Waals surface area (Å²) in [4.78, 5) is 16.7. The third-order valence-corrected chi connectivity index (χ3v) is 6.09. The number of carbonyl (C=O) groups is 1. The van der Waals surface area contributed by atoms with E-state index in [0.717, 1.165) is 56.3 Å². The fourth-order valence-electron chi connectivity index (χ4n) is 3.58. The molecular weight excluding hydrogens is 344 g/mol. The minimum Gasteiger partial charge on any atom is -0.352 e. The molecule has 6 heteroatoms. The summed E-state index contributed by atoms with van der Waals surface area (Å²) >= 11 is 1.69. The standard InChI is InChI=1S/C20H24N4OS/c25-20(15-26-14-16-5-2-1-3-6-16)24-11-9-23(10-12-24)19-13-17-7-4-8-18(17)21-22-19/h1-3,5-6,13H,4,7-12,14-15H2. The Morgan fingerprint density at radius 3 is 2.65 bits per heavy atom. The van der Waals surface area contributed by atoms with Gasteiger partial charge in [0.1, 0.15) is 0 Å². The Morgan fingerprint density at radius 2 is 1.85 bits per heavy atom. The van der Waals surface area contributed by atoms with E-state index in [4.69, 9.17) is 0 Å². The first-order chi connectivity index (χ1) is 12.8. The Morgan fingerprint density at radius 1 is 1.04 bits per heavy atom. The molecule has 0 unspecified atom stereocenters.